The van der Waals surface area contributed by atoms with Crippen LogP contribution in [-0.4, -0.2) is 20.2 Å². The highest BCUT2D eigenvalue weighted by molar-refractivity contribution is 5.85. The van der Waals surface area contributed by atoms with E-state index in [1.807, 2.05) is 19.2 Å². The van der Waals surface area contributed by atoms with E-state index in [0.717, 1.165) is 25.1 Å². The Kier molecular flexibility index (Phi) is 5.34. The van der Waals surface area contributed by atoms with Crippen molar-refractivity contribution in [2.75, 3.05) is 20.2 Å². The Morgan fingerprint density at radius 3 is 2.67 bits per heavy atom. The zero-order valence-corrected chi connectivity index (χ0v) is 12.8. The van der Waals surface area contributed by atoms with Gasteiger partial charge < -0.3 is 10.1 Å². The summed E-state index contributed by atoms with van der Waals surface area (Å²) in [6.45, 7) is 1.54. The molecule has 1 atom stereocenters. The average Bonchev–Trinajstić information content (AvgIpc) is 2.48. The van der Waals surface area contributed by atoms with Crippen molar-refractivity contribution in [2.45, 2.75) is 12.5 Å². The van der Waals surface area contributed by atoms with Gasteiger partial charge in [0.25, 0.3) is 0 Å². The van der Waals surface area contributed by atoms with Gasteiger partial charge in [-0.3, -0.25) is 0 Å². The van der Waals surface area contributed by atoms with Crippen LogP contribution in [0.4, 0.5) is 4.39 Å². The van der Waals surface area contributed by atoms with Gasteiger partial charge in [0.1, 0.15) is 5.82 Å². The van der Waals surface area contributed by atoms with Crippen molar-refractivity contribution >= 4 is 12.4 Å². The molecule has 0 radical (unpaired) electrons. The summed E-state index contributed by atoms with van der Waals surface area (Å²) in [5, 5.41) is 3.17. The molecule has 1 aliphatic rings. The van der Waals surface area contributed by atoms with Crippen molar-refractivity contribution < 1.29 is 9.13 Å². The van der Waals surface area contributed by atoms with Crippen LogP contribution in [0.3, 0.4) is 0 Å². The topological polar surface area (TPSA) is 21.3 Å². The molecule has 2 aromatic rings. The Hall–Kier alpha value is -1.42. The van der Waals surface area contributed by atoms with E-state index >= 15 is 0 Å². The molecular weight excluding hydrogens is 289 g/mol. The number of benzene rings is 2. The van der Waals surface area contributed by atoms with Gasteiger partial charge in [0.15, 0.2) is 0 Å². The summed E-state index contributed by atoms with van der Waals surface area (Å²) in [5.41, 5.74) is 4.82. The lowest BCUT2D eigenvalue weighted by atomic mass is 9.89. The van der Waals surface area contributed by atoms with Crippen LogP contribution in [-0.2, 0) is 11.2 Å². The first-order chi connectivity index (χ1) is 9.79. The minimum absolute atomic E-state index is 0. The first kappa shape index (κ1) is 16.0. The van der Waals surface area contributed by atoms with Crippen LogP contribution < -0.4 is 5.32 Å². The lowest BCUT2D eigenvalue weighted by Gasteiger charge is -2.28. The van der Waals surface area contributed by atoms with Gasteiger partial charge in [0.2, 0.25) is 0 Å². The Morgan fingerprint density at radius 1 is 1.19 bits per heavy atom. The number of fused-ring (bicyclic) bond motifs is 1. The van der Waals surface area contributed by atoms with Gasteiger partial charge in [-0.15, -0.1) is 12.4 Å². The number of halogens is 2. The van der Waals surface area contributed by atoms with Crippen molar-refractivity contribution in [1.82, 2.24) is 5.32 Å². The fourth-order valence-electron chi connectivity index (χ4n) is 2.83. The lowest BCUT2D eigenvalue weighted by molar-refractivity contribution is 0.0440. The van der Waals surface area contributed by atoms with Crippen LogP contribution in [0, 0.1) is 5.82 Å². The molecule has 0 aliphatic carbocycles. The fourth-order valence-corrected chi connectivity index (χ4v) is 2.83. The molecule has 1 N–H and O–H groups in total. The van der Waals surface area contributed by atoms with E-state index in [9.17, 15) is 4.39 Å². The molecule has 2 aromatic carbocycles. The molecule has 0 saturated carbocycles. The predicted molar refractivity (Wildman–Crippen MR) is 85.4 cm³/mol. The quantitative estimate of drug-likeness (QED) is 0.932. The molecule has 0 spiro atoms. The fraction of sp³-hybridized carbons (Fsp3) is 0.294. The Morgan fingerprint density at radius 2 is 1.95 bits per heavy atom. The van der Waals surface area contributed by atoms with Crippen LogP contribution in [0.2, 0.25) is 0 Å². The SMILES string of the molecule is CNC[C@@H]1OCCc2c(-c3ccc(F)cc3)cccc21.Cl. The number of hydrogen-bond acceptors (Lipinski definition) is 2. The van der Waals surface area contributed by atoms with Gasteiger partial charge >= 0.3 is 0 Å². The van der Waals surface area contributed by atoms with Crippen molar-refractivity contribution in [2.24, 2.45) is 0 Å². The van der Waals surface area contributed by atoms with Gasteiger partial charge in [-0.1, -0.05) is 30.3 Å². The summed E-state index contributed by atoms with van der Waals surface area (Å²) in [7, 11) is 1.93. The molecule has 3 rings (SSSR count). The van der Waals surface area contributed by atoms with Gasteiger partial charge in [-0.25, -0.2) is 4.39 Å². The average molecular weight is 308 g/mol. The van der Waals surface area contributed by atoms with E-state index in [2.05, 4.69) is 23.5 Å². The maximum Gasteiger partial charge on any atom is 0.123 e. The Bertz CT molecular complexity index is 600. The molecule has 0 amide bonds. The van der Waals surface area contributed by atoms with Crippen LogP contribution in [0.15, 0.2) is 42.5 Å². The van der Waals surface area contributed by atoms with Gasteiger partial charge in [-0.2, -0.15) is 0 Å². The summed E-state index contributed by atoms with van der Waals surface area (Å²) in [4.78, 5) is 0. The highest BCUT2D eigenvalue weighted by Crippen LogP contribution is 2.34. The van der Waals surface area contributed by atoms with Crippen LogP contribution in [0.25, 0.3) is 11.1 Å². The van der Waals surface area contributed by atoms with Gasteiger partial charge in [0, 0.05) is 6.54 Å². The normalized spacial score (nSPS) is 17.0. The highest BCUT2D eigenvalue weighted by atomic mass is 35.5. The van der Waals surface area contributed by atoms with Crippen molar-refractivity contribution in [3.63, 3.8) is 0 Å². The first-order valence-electron chi connectivity index (χ1n) is 6.93. The number of rotatable bonds is 3. The minimum atomic E-state index is -0.199. The lowest BCUT2D eigenvalue weighted by Crippen LogP contribution is -2.25. The van der Waals surface area contributed by atoms with E-state index in [4.69, 9.17) is 4.74 Å². The van der Waals surface area contributed by atoms with Crippen molar-refractivity contribution in [3.05, 3.63) is 59.4 Å². The molecule has 0 bridgehead atoms. The molecular formula is C17H19ClFNO. The number of likely N-dealkylation sites (N-methyl/N-ethyl adjacent to an activating group) is 1. The van der Waals surface area contributed by atoms with E-state index in [1.54, 1.807) is 0 Å². The van der Waals surface area contributed by atoms with E-state index < -0.39 is 0 Å². The summed E-state index contributed by atoms with van der Waals surface area (Å²) in [6.07, 6.45) is 1.01. The standard InChI is InChI=1S/C17H18FNO.ClH/c1-19-11-17-16-4-2-3-14(15(16)9-10-20-17)12-5-7-13(18)8-6-12;/h2-8,17,19H,9-11H2,1H3;1H/t17-;/m0./s1. The molecule has 112 valence electrons. The van der Waals surface area contributed by atoms with Crippen LogP contribution >= 0.6 is 12.4 Å². The summed E-state index contributed by atoms with van der Waals surface area (Å²) in [5.74, 6) is -0.199. The third-order valence-electron chi connectivity index (χ3n) is 3.77. The molecule has 2 nitrogen and oxygen atoms in total. The second kappa shape index (κ2) is 7.03. The zero-order chi connectivity index (χ0) is 13.9. The number of ether oxygens (including phenoxy) is 1. The summed E-state index contributed by atoms with van der Waals surface area (Å²) >= 11 is 0. The minimum Gasteiger partial charge on any atom is -0.372 e. The zero-order valence-electron chi connectivity index (χ0n) is 11.9. The number of hydrogen-bond donors (Lipinski definition) is 1. The van der Waals surface area contributed by atoms with E-state index in [-0.39, 0.29) is 24.3 Å². The molecule has 1 aliphatic heterocycles. The molecule has 1 heterocycles. The third-order valence-corrected chi connectivity index (χ3v) is 3.77. The number of nitrogens with one attached hydrogen (secondary N) is 1. The molecule has 0 fully saturated rings. The van der Waals surface area contributed by atoms with Gasteiger partial charge in [-0.05, 0) is 47.9 Å². The molecule has 0 saturated heterocycles. The maximum absolute atomic E-state index is 13.1. The van der Waals surface area contributed by atoms with Crippen molar-refractivity contribution in [3.8, 4) is 11.1 Å². The second-order valence-corrected chi connectivity index (χ2v) is 5.05. The monoisotopic (exact) mass is 307 g/mol. The smallest absolute Gasteiger partial charge is 0.123 e. The molecule has 4 heteroatoms. The third kappa shape index (κ3) is 3.26. The highest BCUT2D eigenvalue weighted by Gasteiger charge is 2.22. The Labute approximate surface area is 130 Å². The van der Waals surface area contributed by atoms with E-state index in [1.165, 1.54) is 28.8 Å². The summed E-state index contributed by atoms with van der Waals surface area (Å²) in [6, 6.07) is 13.0. The van der Waals surface area contributed by atoms with Gasteiger partial charge in [0.05, 0.1) is 12.7 Å². The van der Waals surface area contributed by atoms with Crippen LogP contribution in [0.1, 0.15) is 17.2 Å². The molecule has 0 aromatic heterocycles. The van der Waals surface area contributed by atoms with Crippen LogP contribution in [0.5, 0.6) is 0 Å². The summed E-state index contributed by atoms with van der Waals surface area (Å²) < 4.78 is 18.9. The second-order valence-electron chi connectivity index (χ2n) is 5.05. The first-order valence-corrected chi connectivity index (χ1v) is 6.93. The largest absolute Gasteiger partial charge is 0.372 e. The molecule has 0 unspecified atom stereocenters. The maximum atomic E-state index is 13.1. The molecule has 21 heavy (non-hydrogen) atoms. The van der Waals surface area contributed by atoms with Crippen molar-refractivity contribution in [1.29, 1.82) is 0 Å². The Balaban J connectivity index is 0.00000161. The van der Waals surface area contributed by atoms with E-state index in [0.29, 0.717) is 0 Å². The predicted octanol–water partition coefficient (Wildman–Crippen LogP) is 3.75.